The van der Waals surface area contributed by atoms with E-state index in [0.717, 1.165) is 11.1 Å². The van der Waals surface area contributed by atoms with Crippen molar-refractivity contribution in [3.63, 3.8) is 0 Å². The van der Waals surface area contributed by atoms with E-state index in [1.807, 2.05) is 67.6 Å². The first-order valence-corrected chi connectivity index (χ1v) is 11.9. The van der Waals surface area contributed by atoms with Crippen LogP contribution >= 0.6 is 0 Å². The fourth-order valence-electron chi connectivity index (χ4n) is 3.61. The summed E-state index contributed by atoms with van der Waals surface area (Å²) < 4.78 is 5.84. The second kappa shape index (κ2) is 12.2. The lowest BCUT2D eigenvalue weighted by atomic mass is 10.1. The number of benzene rings is 4. The van der Waals surface area contributed by atoms with Crippen molar-refractivity contribution in [1.29, 1.82) is 0 Å². The monoisotopic (exact) mass is 493 g/mol. The van der Waals surface area contributed by atoms with Crippen LogP contribution in [0.15, 0.2) is 109 Å². The molecular weight excluding hydrogens is 466 g/mol. The molecule has 37 heavy (non-hydrogen) atoms. The Morgan fingerprint density at radius 3 is 1.84 bits per heavy atom. The van der Waals surface area contributed by atoms with E-state index in [2.05, 4.69) is 16.2 Å². The molecule has 0 aliphatic carbocycles. The quantitative estimate of drug-likeness (QED) is 0.293. The lowest BCUT2D eigenvalue weighted by Crippen LogP contribution is -2.47. The number of ether oxygens (including phenoxy) is 1. The minimum Gasteiger partial charge on any atom is -0.481 e. The predicted molar refractivity (Wildman–Crippen MR) is 143 cm³/mol. The summed E-state index contributed by atoms with van der Waals surface area (Å²) in [5.41, 5.74) is 8.38. The van der Waals surface area contributed by atoms with Crippen molar-refractivity contribution in [3.05, 3.63) is 120 Å². The summed E-state index contributed by atoms with van der Waals surface area (Å²) in [6.45, 7) is 1.83. The van der Waals surface area contributed by atoms with Crippen LogP contribution in [0.5, 0.6) is 5.75 Å². The molecule has 0 aliphatic heterocycles. The molecule has 186 valence electrons. The van der Waals surface area contributed by atoms with Gasteiger partial charge >= 0.3 is 0 Å². The van der Waals surface area contributed by atoms with Gasteiger partial charge in [-0.15, -0.1) is 0 Å². The third kappa shape index (κ3) is 6.82. The Labute approximate surface area is 215 Å². The van der Waals surface area contributed by atoms with E-state index in [-0.39, 0.29) is 5.91 Å². The Bertz CT molecular complexity index is 1340. The van der Waals surface area contributed by atoms with Gasteiger partial charge in [0.2, 0.25) is 0 Å². The third-order valence-electron chi connectivity index (χ3n) is 5.64. The van der Waals surface area contributed by atoms with Gasteiger partial charge < -0.3 is 10.1 Å². The van der Waals surface area contributed by atoms with Crippen LogP contribution in [-0.2, 0) is 4.79 Å². The number of carbonyl (C=O) groups is 3. The van der Waals surface area contributed by atoms with E-state index in [1.54, 1.807) is 48.5 Å². The lowest BCUT2D eigenvalue weighted by Gasteiger charge is -2.18. The van der Waals surface area contributed by atoms with E-state index in [9.17, 15) is 14.4 Å². The summed E-state index contributed by atoms with van der Waals surface area (Å²) in [5, 5.41) is 2.78. The second-order valence-electron chi connectivity index (χ2n) is 8.25. The highest BCUT2D eigenvalue weighted by molar-refractivity contribution is 6.04. The zero-order valence-electron chi connectivity index (χ0n) is 20.3. The number of rotatable bonds is 8. The normalized spacial score (nSPS) is 11.2. The van der Waals surface area contributed by atoms with Crippen LogP contribution in [0, 0.1) is 0 Å². The molecule has 0 spiro atoms. The molecule has 1 unspecified atom stereocenters. The molecular formula is C30H27N3O4. The maximum Gasteiger partial charge on any atom is 0.279 e. The third-order valence-corrected chi connectivity index (χ3v) is 5.64. The second-order valence-corrected chi connectivity index (χ2v) is 8.25. The lowest BCUT2D eigenvalue weighted by molar-refractivity contribution is -0.128. The SMILES string of the molecule is CCC(Oc1ccc(-c2ccccc2)cc1)C(=O)NNC(=O)c1ccc(NC(=O)c2ccccc2)cc1. The summed E-state index contributed by atoms with van der Waals surface area (Å²) in [6, 6.07) is 32.6. The van der Waals surface area contributed by atoms with Gasteiger partial charge in [0.25, 0.3) is 17.7 Å². The number of anilines is 1. The van der Waals surface area contributed by atoms with Crippen LogP contribution in [0.4, 0.5) is 5.69 Å². The molecule has 3 N–H and O–H groups in total. The fourth-order valence-corrected chi connectivity index (χ4v) is 3.61. The Morgan fingerprint density at radius 1 is 0.649 bits per heavy atom. The number of hydrazine groups is 1. The smallest absolute Gasteiger partial charge is 0.279 e. The van der Waals surface area contributed by atoms with Gasteiger partial charge in [-0.25, -0.2) is 0 Å². The number of hydrogen-bond acceptors (Lipinski definition) is 4. The Balaban J connectivity index is 1.28. The van der Waals surface area contributed by atoms with Crippen molar-refractivity contribution in [2.45, 2.75) is 19.4 Å². The highest BCUT2D eigenvalue weighted by Gasteiger charge is 2.19. The van der Waals surface area contributed by atoms with E-state index in [0.29, 0.717) is 29.0 Å². The maximum atomic E-state index is 12.6. The number of nitrogens with one attached hydrogen (secondary N) is 3. The van der Waals surface area contributed by atoms with Gasteiger partial charge in [-0.1, -0.05) is 67.6 Å². The molecule has 0 aliphatic rings. The molecule has 0 bridgehead atoms. The van der Waals surface area contributed by atoms with Crippen molar-refractivity contribution in [3.8, 4) is 16.9 Å². The molecule has 0 saturated carbocycles. The van der Waals surface area contributed by atoms with Crippen LogP contribution in [0.3, 0.4) is 0 Å². The van der Waals surface area contributed by atoms with Crippen molar-refractivity contribution < 1.29 is 19.1 Å². The first-order chi connectivity index (χ1) is 18.0. The number of amides is 3. The molecule has 1 atom stereocenters. The Hall–Kier alpha value is -4.91. The van der Waals surface area contributed by atoms with E-state index < -0.39 is 17.9 Å². The minimum atomic E-state index is -0.779. The summed E-state index contributed by atoms with van der Waals surface area (Å²) in [4.78, 5) is 37.4. The molecule has 0 fully saturated rings. The summed E-state index contributed by atoms with van der Waals surface area (Å²) in [6.07, 6.45) is -0.365. The molecule has 4 aromatic rings. The summed E-state index contributed by atoms with van der Waals surface area (Å²) >= 11 is 0. The van der Waals surface area contributed by atoms with E-state index in [1.165, 1.54) is 0 Å². The fraction of sp³-hybridized carbons (Fsp3) is 0.100. The highest BCUT2D eigenvalue weighted by atomic mass is 16.5. The first-order valence-electron chi connectivity index (χ1n) is 11.9. The van der Waals surface area contributed by atoms with Gasteiger partial charge in [0, 0.05) is 16.8 Å². The van der Waals surface area contributed by atoms with Crippen LogP contribution in [0.1, 0.15) is 34.1 Å². The van der Waals surface area contributed by atoms with Crippen LogP contribution in [0.25, 0.3) is 11.1 Å². The standard InChI is InChI=1S/C30H27N3O4/c1-2-27(37-26-19-15-22(16-20-26)21-9-5-3-6-10-21)30(36)33-32-29(35)24-13-17-25(18-14-24)31-28(34)23-11-7-4-8-12-23/h3-20,27H,2H2,1H3,(H,31,34)(H,32,35)(H,33,36). The Morgan fingerprint density at radius 2 is 1.22 bits per heavy atom. The van der Waals surface area contributed by atoms with Gasteiger partial charge in [-0.2, -0.15) is 0 Å². The molecule has 3 amide bonds. The molecule has 0 saturated heterocycles. The summed E-state index contributed by atoms with van der Waals surface area (Å²) in [7, 11) is 0. The average Bonchev–Trinajstić information content (AvgIpc) is 2.96. The van der Waals surface area contributed by atoms with Crippen LogP contribution in [-0.4, -0.2) is 23.8 Å². The van der Waals surface area contributed by atoms with Gasteiger partial charge in [-0.3, -0.25) is 25.2 Å². The van der Waals surface area contributed by atoms with Crippen molar-refractivity contribution >= 4 is 23.4 Å². The molecule has 7 nitrogen and oxygen atoms in total. The minimum absolute atomic E-state index is 0.245. The van der Waals surface area contributed by atoms with Gasteiger partial charge in [0.05, 0.1) is 0 Å². The van der Waals surface area contributed by atoms with Crippen molar-refractivity contribution in [2.24, 2.45) is 0 Å². The summed E-state index contributed by atoms with van der Waals surface area (Å²) in [5.74, 6) is -0.641. The van der Waals surface area contributed by atoms with Gasteiger partial charge in [0.1, 0.15) is 5.75 Å². The van der Waals surface area contributed by atoms with Crippen molar-refractivity contribution in [1.82, 2.24) is 10.9 Å². The molecule has 0 heterocycles. The number of carbonyl (C=O) groups excluding carboxylic acids is 3. The van der Waals surface area contributed by atoms with Crippen molar-refractivity contribution in [2.75, 3.05) is 5.32 Å². The zero-order valence-corrected chi connectivity index (χ0v) is 20.3. The van der Waals surface area contributed by atoms with Crippen LogP contribution < -0.4 is 20.9 Å². The highest BCUT2D eigenvalue weighted by Crippen LogP contribution is 2.23. The largest absolute Gasteiger partial charge is 0.481 e. The predicted octanol–water partition coefficient (Wildman–Crippen LogP) is 5.22. The van der Waals surface area contributed by atoms with Crippen LogP contribution in [0.2, 0.25) is 0 Å². The molecule has 4 rings (SSSR count). The van der Waals surface area contributed by atoms with E-state index >= 15 is 0 Å². The molecule has 4 aromatic carbocycles. The average molecular weight is 494 g/mol. The molecule has 7 heteroatoms. The van der Waals surface area contributed by atoms with E-state index in [4.69, 9.17) is 4.74 Å². The maximum absolute atomic E-state index is 12.6. The topological polar surface area (TPSA) is 96.5 Å². The molecule has 0 aromatic heterocycles. The zero-order chi connectivity index (χ0) is 26.0. The van der Waals surface area contributed by atoms with Gasteiger partial charge in [0.15, 0.2) is 6.10 Å². The van der Waals surface area contributed by atoms with Gasteiger partial charge in [-0.05, 0) is 66.1 Å². The first kappa shape index (κ1) is 25.2. The molecule has 0 radical (unpaired) electrons. The number of hydrogen-bond donors (Lipinski definition) is 3. The Kier molecular flexibility index (Phi) is 8.29.